The molecule has 0 radical (unpaired) electrons. The third kappa shape index (κ3) is 1.86. The van der Waals surface area contributed by atoms with Gasteiger partial charge in [-0.3, -0.25) is 0 Å². The summed E-state index contributed by atoms with van der Waals surface area (Å²) < 4.78 is 0. The maximum Gasteiger partial charge on any atom is 0.120 e. The lowest BCUT2D eigenvalue weighted by Gasteiger charge is -2.22. The molecule has 1 nitrogen and oxygen atoms in total. The number of hydrogen-bond donors (Lipinski definition) is 1. The lowest BCUT2D eigenvalue weighted by Crippen LogP contribution is -2.22. The Kier molecular flexibility index (Phi) is 2.45. The maximum atomic E-state index is 10.4. The van der Waals surface area contributed by atoms with Gasteiger partial charge in [0.1, 0.15) is 5.60 Å². The van der Waals surface area contributed by atoms with Crippen LogP contribution < -0.4 is 0 Å². The van der Waals surface area contributed by atoms with Gasteiger partial charge in [-0.1, -0.05) is 48.5 Å². The van der Waals surface area contributed by atoms with Gasteiger partial charge in [0.05, 0.1) is 0 Å². The Morgan fingerprint density at radius 2 is 1.80 bits per heavy atom. The molecule has 0 saturated carbocycles. The fourth-order valence-electron chi connectivity index (χ4n) is 1.56. The van der Waals surface area contributed by atoms with E-state index in [1.54, 1.807) is 13.0 Å². The van der Waals surface area contributed by atoms with E-state index in [-0.39, 0.29) is 0 Å². The van der Waals surface area contributed by atoms with Crippen LogP contribution in [0.1, 0.15) is 18.1 Å². The normalized spacial score (nSPS) is 10.8. The zero-order chi connectivity index (χ0) is 10.7. The van der Waals surface area contributed by atoms with Crippen molar-refractivity contribution >= 4 is 0 Å². The molecule has 0 fully saturated rings. The van der Waals surface area contributed by atoms with Crippen LogP contribution in [-0.4, -0.2) is 5.11 Å². The first-order valence-corrected chi connectivity index (χ1v) is 4.88. The molecule has 74 valence electrons. The van der Waals surface area contributed by atoms with Crippen molar-refractivity contribution in [3.63, 3.8) is 0 Å². The molecule has 0 amide bonds. The fraction of sp³-hybridized carbons (Fsp3) is 0.143. The molecule has 0 aromatic heterocycles. The summed E-state index contributed by atoms with van der Waals surface area (Å²) in [6.07, 6.45) is 0. The van der Waals surface area contributed by atoms with Gasteiger partial charge in [-0.2, -0.15) is 0 Å². The maximum absolute atomic E-state index is 10.4. The summed E-state index contributed by atoms with van der Waals surface area (Å²) in [4.78, 5) is 0. The van der Waals surface area contributed by atoms with E-state index in [9.17, 15) is 5.11 Å². The molecule has 2 aromatic carbocycles. The van der Waals surface area contributed by atoms with Crippen molar-refractivity contribution in [2.24, 2.45) is 0 Å². The van der Waals surface area contributed by atoms with E-state index in [4.69, 9.17) is 0 Å². The molecule has 15 heavy (non-hydrogen) atoms. The third-order valence-electron chi connectivity index (χ3n) is 2.51. The minimum atomic E-state index is -1.00. The second-order valence-electron chi connectivity index (χ2n) is 3.65. The lowest BCUT2D eigenvalue weighted by atomic mass is 9.89. The Bertz CT molecular complexity index is 376. The van der Waals surface area contributed by atoms with Crippen LogP contribution >= 0.6 is 0 Å². The van der Waals surface area contributed by atoms with Crippen molar-refractivity contribution < 1.29 is 5.11 Å². The van der Waals surface area contributed by atoms with E-state index in [1.165, 1.54) is 0 Å². The predicted octanol–water partition coefficient (Wildman–Crippen LogP) is 2.54. The zero-order valence-electron chi connectivity index (χ0n) is 8.57. The van der Waals surface area contributed by atoms with E-state index >= 15 is 0 Å². The average molecular weight is 196 g/mol. The topological polar surface area (TPSA) is 20.2 Å². The molecule has 0 saturated heterocycles. The molecule has 1 atom stereocenters. The summed E-state index contributed by atoms with van der Waals surface area (Å²) >= 11 is 0. The predicted molar refractivity (Wildman–Crippen MR) is 59.2 cm³/mol. The van der Waals surface area contributed by atoms with Gasteiger partial charge in [0.15, 0.2) is 0 Å². The Labute approximate surface area is 90.0 Å². The molecule has 1 N–H and O–H groups in total. The lowest BCUT2D eigenvalue weighted by molar-refractivity contribution is 0.102. The molecule has 1 unspecified atom stereocenters. The summed E-state index contributed by atoms with van der Waals surface area (Å²) in [5.41, 5.74) is 0.594. The SMILES string of the molecule is CC(O)(c1c#cccc1)c1ccccc1. The molecule has 2 aromatic rings. The Morgan fingerprint density at radius 3 is 2.40 bits per heavy atom. The van der Waals surface area contributed by atoms with Crippen LogP contribution in [-0.2, 0) is 5.60 Å². The Hall–Kier alpha value is -1.78. The van der Waals surface area contributed by atoms with Crippen molar-refractivity contribution in [1.82, 2.24) is 0 Å². The first kappa shape index (κ1) is 9.76. The molecule has 0 aliphatic heterocycles. The van der Waals surface area contributed by atoms with E-state index < -0.39 is 5.60 Å². The molecule has 0 bridgehead atoms. The van der Waals surface area contributed by atoms with Crippen molar-refractivity contribution in [3.8, 4) is 0 Å². The van der Waals surface area contributed by atoms with E-state index in [0.29, 0.717) is 0 Å². The Balaban J connectivity index is 2.44. The molecule has 2 rings (SSSR count). The average Bonchev–Trinajstić information content (AvgIpc) is 2.31. The van der Waals surface area contributed by atoms with Crippen LogP contribution in [0.2, 0.25) is 0 Å². The fourth-order valence-corrected chi connectivity index (χ4v) is 1.56. The summed E-state index contributed by atoms with van der Waals surface area (Å²) in [5, 5.41) is 10.4. The van der Waals surface area contributed by atoms with Crippen LogP contribution in [0.5, 0.6) is 0 Å². The third-order valence-corrected chi connectivity index (χ3v) is 2.51. The van der Waals surface area contributed by atoms with Gasteiger partial charge in [0.2, 0.25) is 0 Å². The van der Waals surface area contributed by atoms with Gasteiger partial charge in [0, 0.05) is 5.56 Å². The summed E-state index contributed by atoms with van der Waals surface area (Å²) in [5.74, 6) is 0. The second-order valence-corrected chi connectivity index (χ2v) is 3.65. The van der Waals surface area contributed by atoms with Crippen LogP contribution in [0, 0.1) is 12.1 Å². The molecule has 0 aliphatic carbocycles. The number of benzene rings is 1. The summed E-state index contributed by atoms with van der Waals surface area (Å²) in [6.45, 7) is 1.77. The molecular formula is C14H12O. The quantitative estimate of drug-likeness (QED) is 0.782. The zero-order valence-corrected chi connectivity index (χ0v) is 8.57. The first-order chi connectivity index (χ1) is 7.21. The minimum Gasteiger partial charge on any atom is -0.380 e. The Morgan fingerprint density at radius 1 is 1.07 bits per heavy atom. The van der Waals surface area contributed by atoms with Gasteiger partial charge in [-0.05, 0) is 24.6 Å². The number of rotatable bonds is 2. The molecule has 0 heterocycles. The van der Waals surface area contributed by atoms with Gasteiger partial charge in [0.25, 0.3) is 0 Å². The van der Waals surface area contributed by atoms with Gasteiger partial charge >= 0.3 is 0 Å². The monoisotopic (exact) mass is 196 g/mol. The van der Waals surface area contributed by atoms with Crippen LogP contribution in [0.3, 0.4) is 0 Å². The summed E-state index contributed by atoms with van der Waals surface area (Å²) in [7, 11) is 0. The van der Waals surface area contributed by atoms with Crippen LogP contribution in [0.15, 0.2) is 48.5 Å². The van der Waals surface area contributed by atoms with Crippen LogP contribution in [0.25, 0.3) is 0 Å². The van der Waals surface area contributed by atoms with Crippen LogP contribution in [0.4, 0.5) is 0 Å². The van der Waals surface area contributed by atoms with E-state index in [2.05, 4.69) is 12.1 Å². The van der Waals surface area contributed by atoms with Crippen molar-refractivity contribution in [2.45, 2.75) is 12.5 Å². The van der Waals surface area contributed by atoms with Gasteiger partial charge < -0.3 is 5.11 Å². The number of hydrogen-bond acceptors (Lipinski definition) is 1. The minimum absolute atomic E-state index is 0.733. The summed E-state index contributed by atoms with van der Waals surface area (Å²) in [6, 6.07) is 20.8. The highest BCUT2D eigenvalue weighted by molar-refractivity contribution is 5.32. The highest BCUT2D eigenvalue weighted by Crippen LogP contribution is 2.26. The number of aliphatic hydroxyl groups is 1. The first-order valence-electron chi connectivity index (χ1n) is 4.88. The molecule has 0 spiro atoms. The highest BCUT2D eigenvalue weighted by atomic mass is 16.3. The molecule has 0 aliphatic rings. The van der Waals surface area contributed by atoms with Gasteiger partial charge in [-0.15, -0.1) is 0 Å². The van der Waals surface area contributed by atoms with E-state index in [0.717, 1.165) is 11.1 Å². The van der Waals surface area contributed by atoms with Crippen molar-refractivity contribution in [1.29, 1.82) is 0 Å². The van der Waals surface area contributed by atoms with Crippen molar-refractivity contribution in [2.75, 3.05) is 0 Å². The highest BCUT2D eigenvalue weighted by Gasteiger charge is 2.25. The standard InChI is InChI=1S/C14H12O/c1-14(15,12-8-4-2-5-9-12)13-10-6-3-7-11-13/h2-6,8-10,15H,1H3. The van der Waals surface area contributed by atoms with Crippen molar-refractivity contribution in [3.05, 3.63) is 71.8 Å². The molecule has 1 heteroatoms. The smallest absolute Gasteiger partial charge is 0.120 e. The van der Waals surface area contributed by atoms with Gasteiger partial charge in [-0.25, -0.2) is 0 Å². The second kappa shape index (κ2) is 3.76. The largest absolute Gasteiger partial charge is 0.380 e. The molecular weight excluding hydrogens is 184 g/mol. The van der Waals surface area contributed by atoms with E-state index in [1.807, 2.05) is 42.5 Å².